The van der Waals surface area contributed by atoms with Crippen LogP contribution in [0.3, 0.4) is 0 Å². The van der Waals surface area contributed by atoms with Crippen molar-refractivity contribution in [2.24, 2.45) is 11.3 Å². The number of hydrogen-bond donors (Lipinski definition) is 3. The first kappa shape index (κ1) is 13.1. The first-order valence-corrected chi connectivity index (χ1v) is 7.72. The molecule has 1 unspecified atom stereocenters. The molecule has 1 aliphatic heterocycles. The average molecular weight is 305 g/mol. The van der Waals surface area contributed by atoms with Crippen LogP contribution in [0.15, 0.2) is 18.2 Å². The van der Waals surface area contributed by atoms with Gasteiger partial charge in [0.25, 0.3) is 0 Å². The Morgan fingerprint density at radius 1 is 1.38 bits per heavy atom. The van der Waals surface area contributed by atoms with E-state index >= 15 is 0 Å². The molecule has 110 valence electrons. The molecule has 5 nitrogen and oxygen atoms in total. The topological polar surface area (TPSA) is 69.8 Å². The lowest BCUT2D eigenvalue weighted by atomic mass is 9.92. The molecule has 21 heavy (non-hydrogen) atoms. The van der Waals surface area contributed by atoms with Crippen molar-refractivity contribution in [1.82, 2.24) is 15.3 Å². The highest BCUT2D eigenvalue weighted by Gasteiger charge is 2.57. The van der Waals surface area contributed by atoms with Crippen molar-refractivity contribution in [1.29, 1.82) is 0 Å². The highest BCUT2D eigenvalue weighted by molar-refractivity contribution is 6.35. The summed E-state index contributed by atoms with van der Waals surface area (Å²) < 4.78 is 0. The number of halogens is 1. The minimum absolute atomic E-state index is 0.0760. The number of aromatic nitrogens is 2. The van der Waals surface area contributed by atoms with Crippen LogP contribution in [0.5, 0.6) is 0 Å². The highest BCUT2D eigenvalue weighted by atomic mass is 35.5. The number of aromatic amines is 1. The molecule has 1 aromatic carbocycles. The van der Waals surface area contributed by atoms with E-state index < -0.39 is 0 Å². The Morgan fingerprint density at radius 3 is 2.95 bits per heavy atom. The molecule has 2 aromatic rings. The molecule has 1 aliphatic carbocycles. The summed E-state index contributed by atoms with van der Waals surface area (Å²) in [6.07, 6.45) is 3.19. The average Bonchev–Trinajstić information content (AvgIpc) is 2.99. The number of hydrogen-bond acceptors (Lipinski definition) is 3. The quantitative estimate of drug-likeness (QED) is 0.798. The number of anilines is 1. The molecule has 0 radical (unpaired) electrons. The maximum absolute atomic E-state index is 12.4. The van der Waals surface area contributed by atoms with Crippen LogP contribution in [-0.4, -0.2) is 29.0 Å². The number of amides is 1. The second-order valence-corrected chi connectivity index (χ2v) is 6.49. The number of piperidine rings is 1. The van der Waals surface area contributed by atoms with Crippen molar-refractivity contribution < 1.29 is 4.79 Å². The van der Waals surface area contributed by atoms with Crippen molar-refractivity contribution in [3.05, 3.63) is 23.2 Å². The maximum Gasteiger partial charge on any atom is 0.230 e. The molecule has 0 bridgehead atoms. The van der Waals surface area contributed by atoms with Crippen LogP contribution < -0.4 is 10.6 Å². The van der Waals surface area contributed by atoms with E-state index in [9.17, 15) is 4.79 Å². The van der Waals surface area contributed by atoms with Gasteiger partial charge in [-0.2, -0.15) is 0 Å². The molecule has 2 heterocycles. The lowest BCUT2D eigenvalue weighted by Gasteiger charge is -2.22. The van der Waals surface area contributed by atoms with Crippen molar-refractivity contribution in [2.75, 3.05) is 18.4 Å². The second-order valence-electron chi connectivity index (χ2n) is 6.08. The Kier molecular flexibility index (Phi) is 2.94. The van der Waals surface area contributed by atoms with E-state index in [0.717, 1.165) is 37.9 Å². The fraction of sp³-hybridized carbons (Fsp3) is 0.467. The second kappa shape index (κ2) is 4.71. The van der Waals surface area contributed by atoms with Gasteiger partial charge < -0.3 is 10.3 Å². The Labute approximate surface area is 127 Å². The van der Waals surface area contributed by atoms with Crippen molar-refractivity contribution in [3.8, 4) is 0 Å². The SMILES string of the molecule is O=C(Nc1nc2c(Cl)cccc2[nH]1)C1CC12CCNCC2. The standard InChI is InChI=1S/C15H17ClN4O/c16-10-2-1-3-11-12(10)19-14(18-11)20-13(21)9-8-15(9)4-6-17-7-5-15/h1-3,9,17H,4-8H2,(H2,18,19,20,21). The Morgan fingerprint density at radius 2 is 2.19 bits per heavy atom. The van der Waals surface area contributed by atoms with E-state index in [-0.39, 0.29) is 17.2 Å². The number of H-pyrrole nitrogens is 1. The zero-order chi connectivity index (χ0) is 14.4. The van der Waals surface area contributed by atoms with E-state index in [4.69, 9.17) is 11.6 Å². The van der Waals surface area contributed by atoms with Crippen molar-refractivity contribution in [2.45, 2.75) is 19.3 Å². The van der Waals surface area contributed by atoms with Crippen LogP contribution in [0.4, 0.5) is 5.95 Å². The summed E-state index contributed by atoms with van der Waals surface area (Å²) in [5, 5.41) is 6.84. The summed E-state index contributed by atoms with van der Waals surface area (Å²) in [4.78, 5) is 19.9. The molecule has 1 saturated carbocycles. The van der Waals surface area contributed by atoms with Gasteiger partial charge in [0.2, 0.25) is 11.9 Å². The molecule has 1 amide bonds. The van der Waals surface area contributed by atoms with Gasteiger partial charge in [-0.1, -0.05) is 17.7 Å². The Hall–Kier alpha value is -1.59. The number of nitrogens with zero attached hydrogens (tertiary/aromatic N) is 1. The number of carbonyl (C=O) groups is 1. The number of imidazole rings is 1. The predicted octanol–water partition coefficient (Wildman–Crippen LogP) is 2.54. The number of para-hydroxylation sites is 1. The van der Waals surface area contributed by atoms with E-state index in [1.54, 1.807) is 6.07 Å². The summed E-state index contributed by atoms with van der Waals surface area (Å²) in [6, 6.07) is 5.55. The molecule has 6 heteroatoms. The molecular formula is C15H17ClN4O. The summed E-state index contributed by atoms with van der Waals surface area (Å²) in [5.74, 6) is 0.689. The van der Waals surface area contributed by atoms with Crippen molar-refractivity contribution in [3.63, 3.8) is 0 Å². The third-order valence-electron chi connectivity index (χ3n) is 4.81. The highest BCUT2D eigenvalue weighted by Crippen LogP contribution is 2.58. The van der Waals surface area contributed by atoms with Gasteiger partial charge in [-0.25, -0.2) is 4.98 Å². The molecule has 4 rings (SSSR count). The Bertz CT molecular complexity index is 705. The van der Waals surface area contributed by atoms with Gasteiger partial charge in [0.15, 0.2) is 0 Å². The first-order valence-electron chi connectivity index (χ1n) is 7.34. The number of nitrogens with one attached hydrogen (secondary N) is 3. The van der Waals surface area contributed by atoms with Gasteiger partial charge >= 0.3 is 0 Å². The van der Waals surface area contributed by atoms with Crippen LogP contribution in [-0.2, 0) is 4.79 Å². The third-order valence-corrected chi connectivity index (χ3v) is 5.12. The van der Waals surface area contributed by atoms with E-state index in [1.165, 1.54) is 0 Å². The van der Waals surface area contributed by atoms with Crippen LogP contribution in [0.1, 0.15) is 19.3 Å². The lowest BCUT2D eigenvalue weighted by molar-refractivity contribution is -0.118. The summed E-state index contributed by atoms with van der Waals surface area (Å²) in [5.41, 5.74) is 1.77. The normalized spacial score (nSPS) is 23.4. The predicted molar refractivity (Wildman–Crippen MR) is 82.4 cm³/mol. The van der Waals surface area contributed by atoms with Crippen LogP contribution in [0.25, 0.3) is 11.0 Å². The van der Waals surface area contributed by atoms with Gasteiger partial charge in [0.1, 0.15) is 5.52 Å². The van der Waals surface area contributed by atoms with Gasteiger partial charge in [-0.15, -0.1) is 0 Å². The molecular weight excluding hydrogens is 288 g/mol. The van der Waals surface area contributed by atoms with E-state index in [1.807, 2.05) is 12.1 Å². The molecule has 1 spiro atoms. The van der Waals surface area contributed by atoms with Crippen LogP contribution in [0, 0.1) is 11.3 Å². The first-order chi connectivity index (χ1) is 10.2. The minimum atomic E-state index is 0.0760. The Balaban J connectivity index is 1.50. The summed E-state index contributed by atoms with van der Waals surface area (Å²) in [7, 11) is 0. The third kappa shape index (κ3) is 2.21. The van der Waals surface area contributed by atoms with E-state index in [0.29, 0.717) is 16.5 Å². The minimum Gasteiger partial charge on any atom is -0.324 e. The number of fused-ring (bicyclic) bond motifs is 1. The molecule has 1 atom stereocenters. The van der Waals surface area contributed by atoms with Crippen LogP contribution >= 0.6 is 11.6 Å². The molecule has 2 aliphatic rings. The fourth-order valence-electron chi connectivity index (χ4n) is 3.46. The smallest absolute Gasteiger partial charge is 0.230 e. The van der Waals surface area contributed by atoms with Crippen molar-refractivity contribution >= 4 is 34.5 Å². The molecule has 3 N–H and O–H groups in total. The summed E-state index contributed by atoms with van der Waals surface area (Å²) in [6.45, 7) is 2.04. The van der Waals surface area contributed by atoms with E-state index in [2.05, 4.69) is 20.6 Å². The van der Waals surface area contributed by atoms with Crippen LogP contribution in [0.2, 0.25) is 5.02 Å². The zero-order valence-corrected chi connectivity index (χ0v) is 12.3. The fourth-order valence-corrected chi connectivity index (χ4v) is 3.67. The number of benzene rings is 1. The lowest BCUT2D eigenvalue weighted by Crippen LogP contribution is -2.31. The van der Waals surface area contributed by atoms with Gasteiger partial charge in [-0.3, -0.25) is 10.1 Å². The van der Waals surface area contributed by atoms with Gasteiger partial charge in [-0.05, 0) is 49.9 Å². The number of carbonyl (C=O) groups excluding carboxylic acids is 1. The monoisotopic (exact) mass is 304 g/mol. The van der Waals surface area contributed by atoms with Gasteiger partial charge in [0, 0.05) is 5.92 Å². The number of rotatable bonds is 2. The molecule has 2 fully saturated rings. The maximum atomic E-state index is 12.4. The zero-order valence-electron chi connectivity index (χ0n) is 11.6. The largest absolute Gasteiger partial charge is 0.324 e. The molecule has 1 aromatic heterocycles. The van der Waals surface area contributed by atoms with Gasteiger partial charge in [0.05, 0.1) is 10.5 Å². The molecule has 1 saturated heterocycles. The summed E-state index contributed by atoms with van der Waals surface area (Å²) >= 11 is 6.10.